The van der Waals surface area contributed by atoms with Gasteiger partial charge in [-0.25, -0.2) is 0 Å². The molecule has 20 heavy (non-hydrogen) atoms. The topological polar surface area (TPSA) is 44.4 Å². The monoisotopic (exact) mass is 389 g/mol. The Morgan fingerprint density at radius 1 is 1.30 bits per heavy atom. The number of oxazole rings is 1. The Bertz CT molecular complexity index is 653. The van der Waals surface area contributed by atoms with E-state index in [9.17, 15) is 4.79 Å². The van der Waals surface area contributed by atoms with E-state index < -0.39 is 19.8 Å². The van der Waals surface area contributed by atoms with Crippen LogP contribution in [-0.2, 0) is 11.3 Å². The average molecular weight is 389 g/mol. The van der Waals surface area contributed by atoms with E-state index in [-0.39, 0.29) is 5.76 Å². The van der Waals surface area contributed by atoms with Gasteiger partial charge >= 0.3 is 125 Å². The summed E-state index contributed by atoms with van der Waals surface area (Å²) in [6.07, 6.45) is 2.05. The predicted octanol–water partition coefficient (Wildman–Crippen LogP) is 2.96. The van der Waals surface area contributed by atoms with Crippen LogP contribution in [0.5, 0.6) is 0 Å². The fourth-order valence-electron chi connectivity index (χ4n) is 2.63. The number of aromatic nitrogens is 1. The molecule has 0 aliphatic carbocycles. The molecule has 4 nitrogen and oxygen atoms in total. The van der Waals surface area contributed by atoms with Gasteiger partial charge in [0, 0.05) is 0 Å². The van der Waals surface area contributed by atoms with E-state index in [1.807, 2.05) is 10.6 Å². The molecule has 2 aromatic rings. The quantitative estimate of drug-likeness (QED) is 0.599. The molecule has 1 aliphatic heterocycles. The van der Waals surface area contributed by atoms with Crippen molar-refractivity contribution >= 4 is 30.9 Å². The fourth-order valence-corrected chi connectivity index (χ4v) is 4.45. The second kappa shape index (κ2) is 5.89. The number of benzene rings is 1. The first-order valence-corrected chi connectivity index (χ1v) is 12.3. The number of ether oxygens (including phenoxy) is 1. The maximum atomic E-state index is 12.1. The zero-order valence-corrected chi connectivity index (χ0v) is 14.1. The van der Waals surface area contributed by atoms with Crippen LogP contribution in [0.1, 0.15) is 12.8 Å². The molecule has 1 aliphatic rings. The Kier molecular flexibility index (Phi) is 4.16. The summed E-state index contributed by atoms with van der Waals surface area (Å²) in [6.45, 7) is 2.36. The number of hydrogen-bond acceptors (Lipinski definition) is 3. The Balaban J connectivity index is 1.97. The van der Waals surface area contributed by atoms with E-state index in [1.54, 1.807) is 0 Å². The summed E-state index contributed by atoms with van der Waals surface area (Å²) >= 11 is -1.04. The van der Waals surface area contributed by atoms with Crippen molar-refractivity contribution < 1.29 is 9.15 Å². The number of halogens is 1. The summed E-state index contributed by atoms with van der Waals surface area (Å²) < 4.78 is 14.0. The van der Waals surface area contributed by atoms with Crippen LogP contribution in [0.3, 0.4) is 0 Å². The van der Waals surface area contributed by atoms with E-state index >= 15 is 0 Å². The van der Waals surface area contributed by atoms with Gasteiger partial charge in [0.25, 0.3) is 0 Å². The summed E-state index contributed by atoms with van der Waals surface area (Å²) in [6, 6.07) is 6.21. The van der Waals surface area contributed by atoms with E-state index in [2.05, 4.69) is 22.0 Å². The van der Waals surface area contributed by atoms with E-state index in [0.717, 1.165) is 38.1 Å². The van der Waals surface area contributed by atoms with Crippen molar-refractivity contribution in [2.24, 2.45) is 5.92 Å². The molecule has 0 atom stereocenters. The minimum atomic E-state index is -1.04. The maximum absolute atomic E-state index is 12.1. The first-order chi connectivity index (χ1) is 9.65. The van der Waals surface area contributed by atoms with Gasteiger partial charge in [-0.05, 0) is 0 Å². The Hall–Kier alpha value is -0.820. The molecule has 0 radical (unpaired) electrons. The molecule has 0 amide bonds. The van der Waals surface area contributed by atoms with Gasteiger partial charge < -0.3 is 0 Å². The van der Waals surface area contributed by atoms with Gasteiger partial charge in [-0.2, -0.15) is 0 Å². The summed E-state index contributed by atoms with van der Waals surface area (Å²) in [5.74, 6) is 0.292. The molecule has 5 heteroatoms. The third kappa shape index (κ3) is 2.79. The van der Waals surface area contributed by atoms with Gasteiger partial charge in [-0.15, -0.1) is 0 Å². The number of rotatable bonds is 3. The molecule has 0 N–H and O–H groups in total. The van der Waals surface area contributed by atoms with Crippen LogP contribution >= 0.6 is 19.8 Å². The molecule has 3 rings (SSSR count). The van der Waals surface area contributed by atoms with Crippen LogP contribution in [0.15, 0.2) is 27.4 Å². The molecule has 0 spiro atoms. The van der Waals surface area contributed by atoms with Crippen molar-refractivity contribution in [3.63, 3.8) is 0 Å². The van der Waals surface area contributed by atoms with E-state index in [0.29, 0.717) is 11.5 Å². The molecule has 1 fully saturated rings. The summed E-state index contributed by atoms with van der Waals surface area (Å²) in [4.78, 5) is 16.7. The Labute approximate surface area is 125 Å². The first kappa shape index (κ1) is 14.1. The third-order valence-corrected chi connectivity index (χ3v) is 7.01. The molecule has 0 saturated carbocycles. The second-order valence-corrected chi connectivity index (χ2v) is 11.0. The van der Waals surface area contributed by atoms with Crippen molar-refractivity contribution in [3.05, 3.63) is 32.3 Å². The molecule has 0 bridgehead atoms. The van der Waals surface area contributed by atoms with Crippen molar-refractivity contribution in [2.75, 3.05) is 23.1 Å². The summed E-state index contributed by atoms with van der Waals surface area (Å²) in [5, 5.41) is 0. The van der Waals surface area contributed by atoms with Gasteiger partial charge in [0.2, 0.25) is 0 Å². The average Bonchev–Trinajstić information content (AvgIpc) is 2.75. The molecule has 1 saturated heterocycles. The predicted molar refractivity (Wildman–Crippen MR) is 88.6 cm³/mol. The SMILES string of the molecule is CI(C)c1ccc2oc(=O)n(CC3CCOCC3)c2c1. The van der Waals surface area contributed by atoms with Crippen molar-refractivity contribution in [1.82, 2.24) is 4.57 Å². The van der Waals surface area contributed by atoms with Gasteiger partial charge in [0.05, 0.1) is 0 Å². The Morgan fingerprint density at radius 2 is 2.05 bits per heavy atom. The molecule has 1 aromatic heterocycles. The second-order valence-electron chi connectivity index (χ2n) is 5.40. The zero-order chi connectivity index (χ0) is 14.1. The molecule has 110 valence electrons. The molecule has 1 aromatic carbocycles. The van der Waals surface area contributed by atoms with Gasteiger partial charge in [-0.1, -0.05) is 0 Å². The number of nitrogens with zero attached hydrogens (tertiary/aromatic N) is 1. The molecular formula is C15H20INO3. The standard InChI is InChI=1S/C15H20INO3/c1-16(2)12-3-4-14-13(9-12)17(15(18)20-14)10-11-5-7-19-8-6-11/h3-4,9,11H,5-8,10H2,1-2H3. The van der Waals surface area contributed by atoms with Crippen LogP contribution in [0.25, 0.3) is 11.1 Å². The van der Waals surface area contributed by atoms with Crippen LogP contribution < -0.4 is 5.76 Å². The fraction of sp³-hybridized carbons (Fsp3) is 0.533. The van der Waals surface area contributed by atoms with Crippen LogP contribution in [0.4, 0.5) is 0 Å². The van der Waals surface area contributed by atoms with Crippen LogP contribution in [0, 0.1) is 9.49 Å². The number of hydrogen-bond donors (Lipinski definition) is 0. The molecular weight excluding hydrogens is 369 g/mol. The number of alkyl halides is 2. The van der Waals surface area contributed by atoms with Gasteiger partial charge in [0.1, 0.15) is 0 Å². The Morgan fingerprint density at radius 3 is 2.75 bits per heavy atom. The third-order valence-electron chi connectivity index (χ3n) is 3.85. The number of fused-ring (bicyclic) bond motifs is 1. The summed E-state index contributed by atoms with van der Waals surface area (Å²) in [5.41, 5.74) is 1.67. The van der Waals surface area contributed by atoms with E-state index in [1.165, 1.54) is 3.57 Å². The van der Waals surface area contributed by atoms with E-state index in [4.69, 9.17) is 9.15 Å². The first-order valence-electron chi connectivity index (χ1n) is 6.86. The zero-order valence-electron chi connectivity index (χ0n) is 11.9. The molecule has 0 unspecified atom stereocenters. The van der Waals surface area contributed by atoms with Crippen molar-refractivity contribution in [3.8, 4) is 0 Å². The minimum absolute atomic E-state index is 0.226. The van der Waals surface area contributed by atoms with Crippen molar-refractivity contribution in [2.45, 2.75) is 19.4 Å². The summed E-state index contributed by atoms with van der Waals surface area (Å²) in [7, 11) is 0. The normalized spacial score (nSPS) is 17.6. The van der Waals surface area contributed by atoms with Crippen LogP contribution in [-0.4, -0.2) is 27.6 Å². The van der Waals surface area contributed by atoms with Gasteiger partial charge in [0.15, 0.2) is 0 Å². The van der Waals surface area contributed by atoms with Gasteiger partial charge in [-0.3, -0.25) is 0 Å². The van der Waals surface area contributed by atoms with Crippen LogP contribution in [0.2, 0.25) is 0 Å². The molecule has 2 heterocycles. The van der Waals surface area contributed by atoms with Crippen molar-refractivity contribution in [1.29, 1.82) is 0 Å².